The third-order valence-corrected chi connectivity index (χ3v) is 11.1. The molecule has 4 N–H and O–H groups in total. The Hall–Kier alpha value is -2.75. The number of imidazole rings is 2. The summed E-state index contributed by atoms with van der Waals surface area (Å²) in [6.07, 6.45) is -4.11. The van der Waals surface area contributed by atoms with E-state index in [1.54, 1.807) is 11.5 Å². The summed E-state index contributed by atoms with van der Waals surface area (Å²) in [5, 5.41) is 11.3. The molecule has 4 aromatic rings. The van der Waals surface area contributed by atoms with Crippen LogP contribution < -0.4 is 11.3 Å². The van der Waals surface area contributed by atoms with E-state index >= 15 is 0 Å². The van der Waals surface area contributed by atoms with Gasteiger partial charge in [-0.2, -0.15) is 0 Å². The van der Waals surface area contributed by atoms with E-state index in [4.69, 9.17) is 38.0 Å². The van der Waals surface area contributed by atoms with E-state index < -0.39 is 81.6 Å². The summed E-state index contributed by atoms with van der Waals surface area (Å²) in [6, 6.07) is 0. The van der Waals surface area contributed by atoms with Crippen LogP contribution in [0.4, 0.5) is 5.82 Å². The number of fused-ring (bicyclic) bond motifs is 4. The number of nitrogens with one attached hydrogen (secondary N) is 1. The minimum absolute atomic E-state index is 0.00185. The van der Waals surface area contributed by atoms with Gasteiger partial charge in [0, 0.05) is 0 Å². The predicted octanol–water partition coefficient (Wildman–Crippen LogP) is -0.629. The summed E-state index contributed by atoms with van der Waals surface area (Å²) < 4.78 is 72.4. The van der Waals surface area contributed by atoms with Crippen molar-refractivity contribution in [3.63, 3.8) is 0 Å². The number of ether oxygens (including phenoxy) is 3. The lowest BCUT2D eigenvalue weighted by atomic mass is 10.0. The minimum Gasteiger partial charge on any atom is -0.387 e. The van der Waals surface area contributed by atoms with Gasteiger partial charge in [-0.1, -0.05) is 12.2 Å². The summed E-state index contributed by atoms with van der Waals surface area (Å²) in [5.74, 6) is 0.455. The van der Waals surface area contributed by atoms with Gasteiger partial charge in [-0.05, 0) is 6.92 Å². The number of hydrogen-bond donors (Lipinski definition) is 4. The summed E-state index contributed by atoms with van der Waals surface area (Å²) in [5.41, 5.74) is 4.81. The highest BCUT2D eigenvalue weighted by Gasteiger charge is 2.65. The fourth-order valence-electron chi connectivity index (χ4n) is 6.17. The lowest BCUT2D eigenvalue weighted by molar-refractivity contribution is -0.182. The summed E-state index contributed by atoms with van der Waals surface area (Å²) in [4.78, 5) is 36.0. The number of rotatable bonds is 2. The van der Waals surface area contributed by atoms with Crippen molar-refractivity contribution in [2.24, 2.45) is 0 Å². The molecular formula is C22H26BN9O11P2S. The zero-order valence-corrected chi connectivity index (χ0v) is 26.7. The second-order valence-electron chi connectivity index (χ2n) is 11.4. The van der Waals surface area contributed by atoms with Crippen LogP contribution in [0, 0.1) is 6.92 Å². The second kappa shape index (κ2) is 10.6. The molecule has 8 heterocycles. The van der Waals surface area contributed by atoms with Crippen molar-refractivity contribution in [3.05, 3.63) is 35.2 Å². The molecule has 24 heteroatoms. The molecule has 0 saturated carbocycles. The van der Waals surface area contributed by atoms with E-state index in [-0.39, 0.29) is 23.6 Å². The number of H-pyrrole nitrogens is 1. The van der Waals surface area contributed by atoms with E-state index in [9.17, 15) is 19.0 Å². The fourth-order valence-corrected chi connectivity index (χ4v) is 8.85. The molecule has 10 atom stereocenters. The number of aliphatic hydroxyl groups excluding tert-OH is 1. The van der Waals surface area contributed by atoms with Crippen LogP contribution in [0.2, 0.25) is 0 Å². The normalized spacial score (nSPS) is 39.7. The molecule has 0 radical (unpaired) electrons. The van der Waals surface area contributed by atoms with E-state index in [0.717, 1.165) is 0 Å². The highest BCUT2D eigenvalue weighted by molar-refractivity contribution is 8.44. The van der Waals surface area contributed by atoms with Crippen LogP contribution in [0.15, 0.2) is 23.8 Å². The Morgan fingerprint density at radius 3 is 2.63 bits per heavy atom. The average molecular weight is 697 g/mol. The minimum atomic E-state index is -4.32. The third kappa shape index (κ3) is 4.86. The van der Waals surface area contributed by atoms with Gasteiger partial charge < -0.3 is 39.1 Å². The first-order chi connectivity index (χ1) is 21.8. The Morgan fingerprint density at radius 1 is 1.07 bits per heavy atom. The van der Waals surface area contributed by atoms with Crippen LogP contribution in [0.1, 0.15) is 18.3 Å². The van der Waals surface area contributed by atoms with Gasteiger partial charge in [-0.25, -0.2) is 29.5 Å². The zero-order chi connectivity index (χ0) is 32.2. The van der Waals surface area contributed by atoms with E-state index in [1.807, 2.05) is 0 Å². The number of nitrogens with two attached hydrogens (primary N) is 1. The van der Waals surface area contributed by atoms with Crippen molar-refractivity contribution < 1.29 is 46.5 Å². The van der Waals surface area contributed by atoms with Gasteiger partial charge in [-0.15, -0.1) is 0 Å². The molecule has 4 bridgehead atoms. The number of aliphatic hydroxyl groups is 1. The van der Waals surface area contributed by atoms with Crippen LogP contribution in [0.25, 0.3) is 22.3 Å². The number of thiol groups is 1. The Balaban J connectivity index is 1.14. The highest BCUT2D eigenvalue weighted by Crippen LogP contribution is 2.61. The number of aromatic nitrogens is 8. The molecule has 4 saturated heterocycles. The molecule has 0 aliphatic carbocycles. The van der Waals surface area contributed by atoms with Crippen molar-refractivity contribution in [2.45, 2.75) is 55.5 Å². The lowest BCUT2D eigenvalue weighted by Gasteiger charge is -2.33. The average Bonchev–Trinajstić information content (AvgIpc) is 3.80. The number of aryl methyl sites for hydroxylation is 1. The summed E-state index contributed by atoms with van der Waals surface area (Å²) in [6.45, 7) is -3.73. The Bertz CT molecular complexity index is 2030. The molecule has 8 unspecified atom stereocenters. The van der Waals surface area contributed by atoms with E-state index in [1.165, 1.54) is 31.1 Å². The van der Waals surface area contributed by atoms with Crippen molar-refractivity contribution in [1.29, 1.82) is 0 Å². The first-order valence-corrected chi connectivity index (χ1v) is 18.6. The number of hydrogen-bond acceptors (Lipinski definition) is 17. The molecule has 244 valence electrons. The molecule has 4 aliphatic heterocycles. The Kier molecular flexibility index (Phi) is 7.07. The Morgan fingerprint density at radius 2 is 1.83 bits per heavy atom. The molecule has 8 rings (SSSR count). The van der Waals surface area contributed by atoms with Crippen LogP contribution in [-0.2, 0) is 41.4 Å². The van der Waals surface area contributed by atoms with E-state index in [0.29, 0.717) is 17.0 Å². The SMILES string of the molecule is B[P@@]1(=O)OCC2OC(n3cnc4c(=O)[nH]c(C)nc43)C(O[P@](=O)(S)OCC34COC(C(n5cnc6c(N)ncnc65)O3)C4O1)C2O. The van der Waals surface area contributed by atoms with Gasteiger partial charge in [0.1, 0.15) is 53.8 Å². The number of nitrogen functional groups attached to an aromatic ring is 1. The van der Waals surface area contributed by atoms with Gasteiger partial charge in [-0.3, -0.25) is 27.5 Å². The molecule has 46 heavy (non-hydrogen) atoms. The largest absolute Gasteiger partial charge is 0.387 e. The molecule has 20 nitrogen and oxygen atoms in total. The van der Waals surface area contributed by atoms with Crippen LogP contribution in [0.3, 0.4) is 0 Å². The first-order valence-electron chi connectivity index (χ1n) is 13.9. The smallest absolute Gasteiger partial charge is 0.386 e. The molecule has 4 aromatic heterocycles. The summed E-state index contributed by atoms with van der Waals surface area (Å²) >= 11 is 4.20. The topological polar surface area (TPSA) is 252 Å². The monoisotopic (exact) mass is 697 g/mol. The number of aromatic amines is 1. The van der Waals surface area contributed by atoms with Gasteiger partial charge in [0.25, 0.3) is 20.6 Å². The third-order valence-electron chi connectivity index (χ3n) is 8.28. The van der Waals surface area contributed by atoms with Crippen LogP contribution in [-0.4, -0.2) is 108 Å². The standard InChI is InChI=1S/C22H26BN9O11P2S/c1-8-29-18-11(19(34)30-8)28-7-32(18)20-13-12(33)9(40-20)2-38-44(23,35)43-15-14-21(31-6-27-10-16(24)25-5-26-17(10)31)41-22(15,3-37-14)4-39-45(36,46)42-13/h5-7,9,12-15,20-21,33H,2-4,23H2,1H3,(H,36,46)(H2,24,25,26)(H,29,30,34)/t9?,12?,13?,14?,15?,20?,21?,22?,44-,45-/m1/s1. The zero-order valence-electron chi connectivity index (χ0n) is 24.0. The van der Waals surface area contributed by atoms with Gasteiger partial charge in [0.05, 0.1) is 32.5 Å². The molecule has 0 spiro atoms. The molecule has 4 fully saturated rings. The number of nitrogens with zero attached hydrogens (tertiary/aromatic N) is 7. The van der Waals surface area contributed by atoms with Crippen molar-refractivity contribution in [1.82, 2.24) is 39.0 Å². The summed E-state index contributed by atoms with van der Waals surface area (Å²) in [7, 11) is -2.67. The molecule has 0 aromatic carbocycles. The maximum atomic E-state index is 13.8. The Labute approximate surface area is 263 Å². The molecule has 0 amide bonds. The van der Waals surface area contributed by atoms with Crippen molar-refractivity contribution >= 4 is 62.2 Å². The maximum absolute atomic E-state index is 13.8. The van der Waals surface area contributed by atoms with Crippen LogP contribution >= 0.6 is 26.5 Å². The lowest BCUT2D eigenvalue weighted by Crippen LogP contribution is -2.45. The van der Waals surface area contributed by atoms with E-state index in [2.05, 4.69) is 42.2 Å². The molecular weight excluding hydrogens is 671 g/mol. The quantitative estimate of drug-likeness (QED) is 0.116. The van der Waals surface area contributed by atoms with Gasteiger partial charge in [0.15, 0.2) is 35.1 Å². The predicted molar refractivity (Wildman–Crippen MR) is 160 cm³/mol. The van der Waals surface area contributed by atoms with Crippen molar-refractivity contribution in [3.8, 4) is 0 Å². The number of anilines is 1. The highest BCUT2D eigenvalue weighted by atomic mass is 32.7. The van der Waals surface area contributed by atoms with Gasteiger partial charge in [0.2, 0.25) is 0 Å². The fraction of sp³-hybridized carbons (Fsp3) is 0.545. The van der Waals surface area contributed by atoms with Crippen molar-refractivity contribution in [2.75, 3.05) is 25.6 Å². The van der Waals surface area contributed by atoms with Gasteiger partial charge >= 0.3 is 6.80 Å². The maximum Gasteiger partial charge on any atom is 0.386 e. The first kappa shape index (κ1) is 30.6. The van der Waals surface area contributed by atoms with Crippen LogP contribution in [0.5, 0.6) is 0 Å². The second-order valence-corrected chi connectivity index (χ2v) is 16.3. The molecule has 4 aliphatic rings.